The Bertz CT molecular complexity index is 389. The summed E-state index contributed by atoms with van der Waals surface area (Å²) in [5.41, 5.74) is 0. The molecule has 0 saturated heterocycles. The third-order valence-electron chi connectivity index (χ3n) is 3.39. The van der Waals surface area contributed by atoms with Crippen LogP contribution < -0.4 is 10.1 Å². The zero-order valence-electron chi connectivity index (χ0n) is 12.5. The molecule has 1 aromatic heterocycles. The van der Waals surface area contributed by atoms with Gasteiger partial charge in [-0.15, -0.1) is 0 Å². The van der Waals surface area contributed by atoms with Crippen LogP contribution >= 0.6 is 0 Å². The zero-order valence-corrected chi connectivity index (χ0v) is 13.5. The van der Waals surface area contributed by atoms with Crippen LogP contribution in [0.5, 0.6) is 5.75 Å². The SMILES string of the molecule is COc1ccc([Si](F)(C(C)(C)C)C(C)(C)C)nc1. The lowest BCUT2D eigenvalue weighted by Crippen LogP contribution is -2.59. The summed E-state index contributed by atoms with van der Waals surface area (Å²) in [6.07, 6.45) is 1.61. The molecule has 18 heavy (non-hydrogen) atoms. The molecule has 4 heteroatoms. The highest BCUT2D eigenvalue weighted by molar-refractivity contribution is 6.90. The Labute approximate surface area is 111 Å². The molecule has 1 rings (SSSR count). The molecule has 0 radical (unpaired) electrons. The van der Waals surface area contributed by atoms with Gasteiger partial charge in [-0.1, -0.05) is 41.5 Å². The Morgan fingerprint density at radius 2 is 1.56 bits per heavy atom. The van der Waals surface area contributed by atoms with E-state index in [1.54, 1.807) is 25.4 Å². The molecule has 0 unspecified atom stereocenters. The van der Waals surface area contributed by atoms with Crippen LogP contribution in [-0.2, 0) is 0 Å². The molecule has 0 spiro atoms. The van der Waals surface area contributed by atoms with Crippen molar-refractivity contribution in [3.63, 3.8) is 0 Å². The van der Waals surface area contributed by atoms with Crippen molar-refractivity contribution < 1.29 is 8.84 Å². The average molecular weight is 269 g/mol. The lowest BCUT2D eigenvalue weighted by Gasteiger charge is -2.43. The predicted octanol–water partition coefficient (Wildman–Crippen LogP) is 3.81. The van der Waals surface area contributed by atoms with E-state index in [0.29, 0.717) is 11.1 Å². The van der Waals surface area contributed by atoms with Crippen LogP contribution in [0.4, 0.5) is 4.11 Å². The summed E-state index contributed by atoms with van der Waals surface area (Å²) < 4.78 is 20.9. The number of nitrogens with zero attached hydrogens (tertiary/aromatic N) is 1. The second-order valence-electron chi connectivity index (χ2n) is 6.74. The largest absolute Gasteiger partial charge is 0.495 e. The maximum absolute atomic E-state index is 15.8. The van der Waals surface area contributed by atoms with Gasteiger partial charge in [-0.3, -0.25) is 4.98 Å². The van der Waals surface area contributed by atoms with Crippen molar-refractivity contribution >= 4 is 13.7 Å². The zero-order chi connectivity index (χ0) is 14.2. The Morgan fingerprint density at radius 3 is 1.83 bits per heavy atom. The van der Waals surface area contributed by atoms with E-state index in [0.717, 1.165) is 0 Å². The van der Waals surface area contributed by atoms with Crippen LogP contribution in [0.15, 0.2) is 18.3 Å². The molecule has 0 bridgehead atoms. The van der Waals surface area contributed by atoms with Crippen LogP contribution in [0.25, 0.3) is 0 Å². The number of rotatable bonds is 2. The molecule has 1 heterocycles. The lowest BCUT2D eigenvalue weighted by molar-refractivity contribution is 0.413. The molecular weight excluding hydrogens is 245 g/mol. The van der Waals surface area contributed by atoms with Gasteiger partial charge in [0.15, 0.2) is 0 Å². The number of hydrogen-bond acceptors (Lipinski definition) is 2. The number of halogens is 1. The van der Waals surface area contributed by atoms with E-state index in [1.165, 1.54) is 0 Å². The lowest BCUT2D eigenvalue weighted by atomic mass is 10.2. The Morgan fingerprint density at radius 1 is 1.06 bits per heavy atom. The minimum absolute atomic E-state index is 0.396. The van der Waals surface area contributed by atoms with Gasteiger partial charge in [-0.25, -0.2) is 0 Å². The van der Waals surface area contributed by atoms with Crippen molar-refractivity contribution in [1.82, 2.24) is 4.98 Å². The first kappa shape index (κ1) is 15.2. The summed E-state index contributed by atoms with van der Waals surface area (Å²) in [6.45, 7) is 11.8. The molecule has 0 aliphatic carbocycles. The fourth-order valence-corrected chi connectivity index (χ4v) is 6.94. The molecule has 2 nitrogen and oxygen atoms in total. The van der Waals surface area contributed by atoms with E-state index in [2.05, 4.69) is 4.98 Å². The van der Waals surface area contributed by atoms with Crippen LogP contribution in [0.3, 0.4) is 0 Å². The van der Waals surface area contributed by atoms with E-state index in [4.69, 9.17) is 4.74 Å². The molecule has 102 valence electrons. The van der Waals surface area contributed by atoms with E-state index >= 15 is 4.11 Å². The van der Waals surface area contributed by atoms with Gasteiger partial charge >= 0.3 is 8.41 Å². The maximum Gasteiger partial charge on any atom is 0.306 e. The third-order valence-corrected chi connectivity index (χ3v) is 8.53. The highest BCUT2D eigenvalue weighted by atomic mass is 28.4. The highest BCUT2D eigenvalue weighted by Crippen LogP contribution is 2.51. The number of ether oxygens (including phenoxy) is 1. The molecule has 0 fully saturated rings. The summed E-state index contributed by atoms with van der Waals surface area (Å²) in [5, 5.41) is -0.192. The van der Waals surface area contributed by atoms with Gasteiger partial charge in [0.25, 0.3) is 0 Å². The second-order valence-corrected chi connectivity index (χ2v) is 11.6. The van der Waals surface area contributed by atoms with E-state index < -0.39 is 18.5 Å². The normalized spacial score (nSPS) is 13.6. The van der Waals surface area contributed by atoms with E-state index in [1.807, 2.05) is 41.5 Å². The number of methoxy groups -OCH3 is 1. The first-order valence-corrected chi connectivity index (χ1v) is 8.11. The molecule has 0 atom stereocenters. The van der Waals surface area contributed by atoms with E-state index in [-0.39, 0.29) is 0 Å². The molecule has 0 N–H and O–H groups in total. The Balaban J connectivity index is 3.36. The van der Waals surface area contributed by atoms with Crippen molar-refractivity contribution in [3.05, 3.63) is 18.3 Å². The van der Waals surface area contributed by atoms with Gasteiger partial charge in [0.05, 0.1) is 18.6 Å². The maximum atomic E-state index is 15.8. The smallest absolute Gasteiger partial charge is 0.306 e. The quantitative estimate of drug-likeness (QED) is 0.601. The summed E-state index contributed by atoms with van der Waals surface area (Å²) in [5.74, 6) is 0.665. The summed E-state index contributed by atoms with van der Waals surface area (Å²) >= 11 is 0. The third kappa shape index (κ3) is 2.44. The Kier molecular flexibility index (Phi) is 3.91. The minimum atomic E-state index is -3.23. The molecule has 0 aliphatic heterocycles. The fourth-order valence-electron chi connectivity index (χ4n) is 2.60. The number of hydrogen-bond donors (Lipinski definition) is 0. The molecule has 0 saturated carbocycles. The van der Waals surface area contributed by atoms with Gasteiger partial charge in [-0.2, -0.15) is 0 Å². The average Bonchev–Trinajstić information content (AvgIpc) is 2.25. The summed E-state index contributed by atoms with van der Waals surface area (Å²) in [7, 11) is -1.64. The minimum Gasteiger partial charge on any atom is -0.495 e. The summed E-state index contributed by atoms with van der Waals surface area (Å²) in [6, 6.07) is 3.57. The van der Waals surface area contributed by atoms with Crippen molar-refractivity contribution in [2.24, 2.45) is 0 Å². The van der Waals surface area contributed by atoms with Gasteiger partial charge < -0.3 is 8.84 Å². The standard InChI is InChI=1S/C14H24FNOSi/c1-13(2,3)18(15,14(4,5)6)12-9-8-11(17-7)10-16-12/h8-10H,1-7H3. The van der Waals surface area contributed by atoms with Gasteiger partial charge in [-0.05, 0) is 22.2 Å². The van der Waals surface area contributed by atoms with Gasteiger partial charge in [0, 0.05) is 0 Å². The van der Waals surface area contributed by atoms with Crippen molar-refractivity contribution in [2.75, 3.05) is 7.11 Å². The first-order valence-electron chi connectivity index (χ1n) is 6.23. The number of pyridine rings is 1. The highest BCUT2D eigenvalue weighted by Gasteiger charge is 2.57. The fraction of sp³-hybridized carbons (Fsp3) is 0.643. The van der Waals surface area contributed by atoms with Crippen molar-refractivity contribution in [2.45, 2.75) is 51.6 Å². The predicted molar refractivity (Wildman–Crippen MR) is 76.7 cm³/mol. The van der Waals surface area contributed by atoms with Crippen molar-refractivity contribution in [3.8, 4) is 5.75 Å². The van der Waals surface area contributed by atoms with E-state index in [9.17, 15) is 0 Å². The van der Waals surface area contributed by atoms with Crippen LogP contribution in [0, 0.1) is 0 Å². The first-order chi connectivity index (χ1) is 8.04. The molecule has 1 aromatic rings. The topological polar surface area (TPSA) is 22.1 Å². The van der Waals surface area contributed by atoms with Crippen molar-refractivity contribution in [1.29, 1.82) is 0 Å². The van der Waals surface area contributed by atoms with Gasteiger partial charge in [0.1, 0.15) is 5.75 Å². The van der Waals surface area contributed by atoms with Crippen LogP contribution in [0.2, 0.25) is 10.1 Å². The molecule has 0 aromatic carbocycles. The monoisotopic (exact) mass is 269 g/mol. The molecular formula is C14H24FNOSi. The van der Waals surface area contributed by atoms with Crippen LogP contribution in [-0.4, -0.2) is 20.5 Å². The van der Waals surface area contributed by atoms with Crippen LogP contribution in [0.1, 0.15) is 41.5 Å². The number of aromatic nitrogens is 1. The Hall–Kier alpha value is -0.903. The second kappa shape index (κ2) is 4.65. The molecule has 0 amide bonds. The van der Waals surface area contributed by atoms with Gasteiger partial charge in [0.2, 0.25) is 0 Å². The molecule has 0 aliphatic rings. The summed E-state index contributed by atoms with van der Waals surface area (Å²) in [4.78, 5) is 4.32.